The monoisotopic (exact) mass is 221 g/mol. The van der Waals surface area contributed by atoms with Crippen molar-refractivity contribution in [1.29, 1.82) is 0 Å². The number of nitrogens with zero attached hydrogens (tertiary/aromatic N) is 2. The zero-order valence-electron chi connectivity index (χ0n) is 10.1. The van der Waals surface area contributed by atoms with Gasteiger partial charge >= 0.3 is 0 Å². The van der Waals surface area contributed by atoms with Gasteiger partial charge in [-0.3, -0.25) is 9.78 Å². The maximum absolute atomic E-state index is 11.9. The van der Waals surface area contributed by atoms with Crippen LogP contribution in [0.5, 0.6) is 0 Å². The van der Waals surface area contributed by atoms with Crippen LogP contribution in [0.15, 0.2) is 24.4 Å². The Labute approximate surface area is 96.5 Å². The van der Waals surface area contributed by atoms with Crippen molar-refractivity contribution >= 4 is 5.91 Å². The van der Waals surface area contributed by atoms with Crippen molar-refractivity contribution in [1.82, 2.24) is 9.88 Å². The van der Waals surface area contributed by atoms with Gasteiger partial charge in [-0.2, -0.15) is 0 Å². The van der Waals surface area contributed by atoms with E-state index in [1.165, 1.54) is 0 Å². The fourth-order valence-corrected chi connectivity index (χ4v) is 1.44. The summed E-state index contributed by atoms with van der Waals surface area (Å²) in [7, 11) is 0. The van der Waals surface area contributed by atoms with Crippen molar-refractivity contribution in [2.24, 2.45) is 5.73 Å². The lowest BCUT2D eigenvalue weighted by Gasteiger charge is -2.28. The molecule has 2 N–H and O–H groups in total. The molecule has 1 rings (SSSR count). The highest BCUT2D eigenvalue weighted by molar-refractivity contribution is 5.81. The van der Waals surface area contributed by atoms with E-state index in [1.54, 1.807) is 18.0 Å². The van der Waals surface area contributed by atoms with Gasteiger partial charge in [-0.15, -0.1) is 0 Å². The van der Waals surface area contributed by atoms with Gasteiger partial charge in [0.2, 0.25) is 5.91 Å². The lowest BCUT2D eigenvalue weighted by molar-refractivity contribution is -0.134. The van der Waals surface area contributed by atoms with E-state index in [0.717, 1.165) is 5.69 Å². The Bertz CT molecular complexity index is 335. The van der Waals surface area contributed by atoms with E-state index >= 15 is 0 Å². The lowest BCUT2D eigenvalue weighted by Crippen LogP contribution is -2.45. The molecule has 0 bridgehead atoms. The molecule has 0 radical (unpaired) electrons. The van der Waals surface area contributed by atoms with E-state index in [0.29, 0.717) is 6.54 Å². The molecular weight excluding hydrogens is 202 g/mol. The first kappa shape index (κ1) is 12.6. The molecule has 0 fully saturated rings. The molecule has 1 amide bonds. The van der Waals surface area contributed by atoms with Gasteiger partial charge in [0, 0.05) is 12.2 Å². The number of hydrogen-bond acceptors (Lipinski definition) is 3. The maximum Gasteiger partial charge on any atom is 0.239 e. The fraction of sp³-hybridized carbons (Fsp3) is 0.500. The smallest absolute Gasteiger partial charge is 0.239 e. The van der Waals surface area contributed by atoms with E-state index in [9.17, 15) is 4.79 Å². The first-order valence-corrected chi connectivity index (χ1v) is 5.48. The summed E-state index contributed by atoms with van der Waals surface area (Å²) in [6.45, 7) is 6.17. The number of pyridine rings is 1. The van der Waals surface area contributed by atoms with Gasteiger partial charge < -0.3 is 10.6 Å². The van der Waals surface area contributed by atoms with Gasteiger partial charge in [0.05, 0.1) is 18.3 Å². The van der Waals surface area contributed by atoms with Crippen LogP contribution in [0.3, 0.4) is 0 Å². The van der Waals surface area contributed by atoms with E-state index in [-0.39, 0.29) is 11.9 Å². The van der Waals surface area contributed by atoms with E-state index in [4.69, 9.17) is 5.73 Å². The van der Waals surface area contributed by atoms with Crippen molar-refractivity contribution in [2.45, 2.75) is 39.4 Å². The van der Waals surface area contributed by atoms with Gasteiger partial charge in [-0.1, -0.05) is 6.07 Å². The summed E-state index contributed by atoms with van der Waals surface area (Å²) < 4.78 is 0. The number of carbonyl (C=O) groups excluding carboxylic acids is 1. The van der Waals surface area contributed by atoms with Crippen molar-refractivity contribution < 1.29 is 4.79 Å². The molecule has 1 atom stereocenters. The van der Waals surface area contributed by atoms with Crippen LogP contribution in [0.2, 0.25) is 0 Å². The highest BCUT2D eigenvalue weighted by Gasteiger charge is 2.20. The molecular formula is C12H19N3O. The normalized spacial score (nSPS) is 12.6. The summed E-state index contributed by atoms with van der Waals surface area (Å²) >= 11 is 0. The molecule has 0 unspecified atom stereocenters. The van der Waals surface area contributed by atoms with Gasteiger partial charge in [0.1, 0.15) is 0 Å². The highest BCUT2D eigenvalue weighted by Crippen LogP contribution is 2.07. The Morgan fingerprint density at radius 1 is 1.44 bits per heavy atom. The molecule has 1 aromatic heterocycles. The molecule has 0 saturated carbocycles. The third-order valence-electron chi connectivity index (χ3n) is 2.35. The largest absolute Gasteiger partial charge is 0.333 e. The van der Waals surface area contributed by atoms with Gasteiger partial charge in [0.25, 0.3) is 0 Å². The van der Waals surface area contributed by atoms with Crippen molar-refractivity contribution in [3.8, 4) is 0 Å². The number of amides is 1. The predicted octanol–water partition coefficient (Wildman–Crippen LogP) is 1.17. The third-order valence-corrected chi connectivity index (χ3v) is 2.35. The molecule has 4 nitrogen and oxygen atoms in total. The number of carbonyl (C=O) groups is 1. The maximum atomic E-state index is 11.9. The number of rotatable bonds is 4. The van der Waals surface area contributed by atoms with Crippen LogP contribution in [-0.4, -0.2) is 27.9 Å². The molecule has 0 aromatic carbocycles. The second-order valence-corrected chi connectivity index (χ2v) is 4.17. The lowest BCUT2D eigenvalue weighted by atomic mass is 10.2. The Kier molecular flexibility index (Phi) is 4.43. The summed E-state index contributed by atoms with van der Waals surface area (Å²) in [5, 5.41) is 0. The second-order valence-electron chi connectivity index (χ2n) is 4.17. The number of nitrogens with two attached hydrogens (primary N) is 1. The molecule has 0 spiro atoms. The Hall–Kier alpha value is -1.42. The molecule has 1 heterocycles. The van der Waals surface area contributed by atoms with Crippen LogP contribution in [0, 0.1) is 0 Å². The molecule has 0 aliphatic rings. The Morgan fingerprint density at radius 3 is 2.56 bits per heavy atom. The zero-order valence-corrected chi connectivity index (χ0v) is 10.1. The second kappa shape index (κ2) is 5.61. The highest BCUT2D eigenvalue weighted by atomic mass is 16.2. The molecule has 0 aliphatic carbocycles. The topological polar surface area (TPSA) is 59.2 Å². The molecule has 1 aromatic rings. The van der Waals surface area contributed by atoms with Crippen LogP contribution in [0.4, 0.5) is 0 Å². The van der Waals surface area contributed by atoms with Gasteiger partial charge in [-0.05, 0) is 32.9 Å². The van der Waals surface area contributed by atoms with E-state index in [1.807, 2.05) is 32.0 Å². The molecule has 88 valence electrons. The minimum Gasteiger partial charge on any atom is -0.333 e. The fourth-order valence-electron chi connectivity index (χ4n) is 1.44. The van der Waals surface area contributed by atoms with Crippen LogP contribution < -0.4 is 5.73 Å². The number of hydrogen-bond donors (Lipinski definition) is 1. The summed E-state index contributed by atoms with van der Waals surface area (Å²) in [5.41, 5.74) is 6.50. The quantitative estimate of drug-likeness (QED) is 0.830. The summed E-state index contributed by atoms with van der Waals surface area (Å²) in [6.07, 6.45) is 1.73. The average molecular weight is 221 g/mol. The minimum absolute atomic E-state index is 0.0411. The molecule has 4 heteroatoms. The van der Waals surface area contributed by atoms with Gasteiger partial charge in [-0.25, -0.2) is 0 Å². The van der Waals surface area contributed by atoms with Crippen LogP contribution >= 0.6 is 0 Å². The summed E-state index contributed by atoms with van der Waals surface area (Å²) in [6, 6.07) is 5.34. The van der Waals surface area contributed by atoms with Crippen molar-refractivity contribution in [3.63, 3.8) is 0 Å². The standard InChI is InChI=1S/C12H19N3O/c1-9(2)15(12(16)10(3)13)8-11-6-4-5-7-14-11/h4-7,9-10H,8,13H2,1-3H3/t10-/m0/s1. The zero-order chi connectivity index (χ0) is 12.1. The van der Waals surface area contributed by atoms with Crippen LogP contribution in [-0.2, 0) is 11.3 Å². The van der Waals surface area contributed by atoms with E-state index < -0.39 is 6.04 Å². The van der Waals surface area contributed by atoms with Crippen molar-refractivity contribution in [3.05, 3.63) is 30.1 Å². The molecule has 0 aliphatic heterocycles. The third kappa shape index (κ3) is 3.31. The molecule has 0 saturated heterocycles. The van der Waals surface area contributed by atoms with Crippen molar-refractivity contribution in [2.75, 3.05) is 0 Å². The minimum atomic E-state index is -0.467. The molecule has 16 heavy (non-hydrogen) atoms. The first-order chi connectivity index (χ1) is 7.52. The summed E-state index contributed by atoms with van der Waals surface area (Å²) in [4.78, 5) is 17.8. The average Bonchev–Trinajstić information content (AvgIpc) is 2.26. The number of aromatic nitrogens is 1. The van der Waals surface area contributed by atoms with E-state index in [2.05, 4.69) is 4.98 Å². The Morgan fingerprint density at radius 2 is 2.12 bits per heavy atom. The van der Waals surface area contributed by atoms with Gasteiger partial charge in [0.15, 0.2) is 0 Å². The first-order valence-electron chi connectivity index (χ1n) is 5.48. The van der Waals surface area contributed by atoms with Crippen LogP contribution in [0.25, 0.3) is 0 Å². The summed E-state index contributed by atoms with van der Waals surface area (Å²) in [5.74, 6) is -0.0411. The van der Waals surface area contributed by atoms with Crippen LogP contribution in [0.1, 0.15) is 26.5 Å². The predicted molar refractivity (Wildman–Crippen MR) is 63.6 cm³/mol. The SMILES string of the molecule is CC(C)N(Cc1ccccn1)C(=O)[C@H](C)N. The Balaban J connectivity index is 2.77.